The molecule has 0 aliphatic heterocycles. The molecule has 0 bridgehead atoms. The van der Waals surface area contributed by atoms with E-state index in [1.807, 2.05) is 6.92 Å². The number of hydrogen-bond acceptors (Lipinski definition) is 3. The standard InChI is InChI=1S/C14H20N4O2S/c1-3-17-10-11(15-13(17)21)18(9-7-5-4-6-8-9)14(20)16(2)12(10)19/h9H,3-8H2,1-2H3,(H,15,21). The Morgan fingerprint density at radius 1 is 1.24 bits per heavy atom. The van der Waals surface area contributed by atoms with Crippen LogP contribution in [0, 0.1) is 4.77 Å². The fourth-order valence-corrected chi connectivity index (χ4v) is 3.65. The summed E-state index contributed by atoms with van der Waals surface area (Å²) in [5, 5.41) is 0. The Hall–Kier alpha value is -1.63. The van der Waals surface area contributed by atoms with Gasteiger partial charge in [0.05, 0.1) is 0 Å². The number of hydrogen-bond donors (Lipinski definition) is 1. The maximum Gasteiger partial charge on any atom is 0.332 e. The summed E-state index contributed by atoms with van der Waals surface area (Å²) in [6.45, 7) is 2.55. The van der Waals surface area contributed by atoms with Gasteiger partial charge >= 0.3 is 5.69 Å². The molecule has 6 nitrogen and oxygen atoms in total. The number of H-pyrrole nitrogens is 1. The van der Waals surface area contributed by atoms with Gasteiger partial charge < -0.3 is 9.55 Å². The van der Waals surface area contributed by atoms with Gasteiger partial charge in [-0.2, -0.15) is 0 Å². The predicted molar refractivity (Wildman–Crippen MR) is 84.4 cm³/mol. The zero-order chi connectivity index (χ0) is 15.1. The molecule has 21 heavy (non-hydrogen) atoms. The van der Waals surface area contributed by atoms with Crippen LogP contribution in [-0.2, 0) is 13.6 Å². The van der Waals surface area contributed by atoms with Gasteiger partial charge in [-0.15, -0.1) is 0 Å². The number of aryl methyl sites for hydroxylation is 1. The summed E-state index contributed by atoms with van der Waals surface area (Å²) in [6.07, 6.45) is 5.41. The highest BCUT2D eigenvalue weighted by Gasteiger charge is 2.23. The van der Waals surface area contributed by atoms with Crippen molar-refractivity contribution < 1.29 is 0 Å². The van der Waals surface area contributed by atoms with Crippen molar-refractivity contribution in [1.82, 2.24) is 18.7 Å². The van der Waals surface area contributed by atoms with Crippen LogP contribution in [0.1, 0.15) is 45.1 Å². The van der Waals surface area contributed by atoms with Gasteiger partial charge in [0.25, 0.3) is 5.56 Å². The molecule has 0 saturated heterocycles. The highest BCUT2D eigenvalue weighted by atomic mass is 32.1. The van der Waals surface area contributed by atoms with Crippen LogP contribution >= 0.6 is 12.2 Å². The molecule has 1 fully saturated rings. The van der Waals surface area contributed by atoms with Gasteiger partial charge in [0.1, 0.15) is 5.65 Å². The van der Waals surface area contributed by atoms with E-state index in [0.717, 1.165) is 25.7 Å². The summed E-state index contributed by atoms with van der Waals surface area (Å²) >= 11 is 5.30. The van der Waals surface area contributed by atoms with Crippen molar-refractivity contribution in [2.45, 2.75) is 51.6 Å². The lowest BCUT2D eigenvalue weighted by atomic mass is 9.95. The Bertz CT molecular complexity index is 849. The lowest BCUT2D eigenvalue weighted by molar-refractivity contribution is 0.344. The molecule has 2 aromatic rings. The Morgan fingerprint density at radius 2 is 1.90 bits per heavy atom. The van der Waals surface area contributed by atoms with Gasteiger partial charge in [-0.05, 0) is 32.0 Å². The molecule has 0 amide bonds. The van der Waals surface area contributed by atoms with Crippen LogP contribution in [0.4, 0.5) is 0 Å². The number of aromatic amines is 1. The van der Waals surface area contributed by atoms with Gasteiger partial charge in [0, 0.05) is 19.6 Å². The van der Waals surface area contributed by atoms with Gasteiger partial charge in [0.2, 0.25) is 0 Å². The van der Waals surface area contributed by atoms with Crippen LogP contribution < -0.4 is 11.2 Å². The summed E-state index contributed by atoms with van der Waals surface area (Å²) in [5.74, 6) is 0. The van der Waals surface area contributed by atoms with Crippen LogP contribution in [0.15, 0.2) is 9.59 Å². The van der Waals surface area contributed by atoms with E-state index in [-0.39, 0.29) is 17.3 Å². The Kier molecular flexibility index (Phi) is 3.61. The minimum Gasteiger partial charge on any atom is -0.316 e. The first-order valence-corrected chi connectivity index (χ1v) is 7.91. The van der Waals surface area contributed by atoms with Crippen molar-refractivity contribution in [3.8, 4) is 0 Å². The third-order valence-electron chi connectivity index (χ3n) is 4.46. The number of imidazole rings is 1. The van der Waals surface area contributed by atoms with Crippen molar-refractivity contribution in [3.05, 3.63) is 25.6 Å². The van der Waals surface area contributed by atoms with Gasteiger partial charge in [-0.1, -0.05) is 19.3 Å². The topological polar surface area (TPSA) is 64.7 Å². The Morgan fingerprint density at radius 3 is 2.52 bits per heavy atom. The molecular formula is C14H20N4O2S. The van der Waals surface area contributed by atoms with Crippen molar-refractivity contribution in [2.75, 3.05) is 0 Å². The van der Waals surface area contributed by atoms with Gasteiger partial charge in [-0.25, -0.2) is 4.79 Å². The normalized spacial score (nSPS) is 16.7. The highest BCUT2D eigenvalue weighted by molar-refractivity contribution is 7.71. The van der Waals surface area contributed by atoms with E-state index >= 15 is 0 Å². The number of nitrogens with one attached hydrogen (secondary N) is 1. The van der Waals surface area contributed by atoms with Crippen molar-refractivity contribution in [2.24, 2.45) is 7.05 Å². The third-order valence-corrected chi connectivity index (χ3v) is 4.78. The molecule has 0 unspecified atom stereocenters. The molecule has 2 aromatic heterocycles. The third kappa shape index (κ3) is 2.10. The lowest BCUT2D eigenvalue weighted by Crippen LogP contribution is -2.40. The minimum absolute atomic E-state index is 0.152. The second-order valence-corrected chi connectivity index (χ2v) is 6.07. The average Bonchev–Trinajstić information content (AvgIpc) is 2.82. The molecule has 0 spiro atoms. The molecule has 1 aliphatic carbocycles. The molecule has 0 atom stereocenters. The zero-order valence-corrected chi connectivity index (χ0v) is 13.2. The maximum absolute atomic E-state index is 12.6. The first-order valence-electron chi connectivity index (χ1n) is 7.50. The van der Waals surface area contributed by atoms with E-state index in [9.17, 15) is 9.59 Å². The second-order valence-electron chi connectivity index (χ2n) is 5.68. The molecule has 0 radical (unpaired) electrons. The molecule has 1 aliphatic rings. The summed E-state index contributed by atoms with van der Waals surface area (Å²) in [7, 11) is 1.54. The molecular weight excluding hydrogens is 288 g/mol. The molecule has 1 N–H and O–H groups in total. The first kappa shape index (κ1) is 14.3. The van der Waals surface area contributed by atoms with Crippen LogP contribution in [0.5, 0.6) is 0 Å². The van der Waals surface area contributed by atoms with E-state index in [2.05, 4.69) is 4.98 Å². The molecule has 3 rings (SSSR count). The second kappa shape index (κ2) is 5.29. The van der Waals surface area contributed by atoms with Crippen LogP contribution in [-0.4, -0.2) is 18.7 Å². The fraction of sp³-hybridized carbons (Fsp3) is 0.643. The van der Waals surface area contributed by atoms with Crippen LogP contribution in [0.25, 0.3) is 11.2 Å². The van der Waals surface area contributed by atoms with Crippen molar-refractivity contribution >= 4 is 23.4 Å². The summed E-state index contributed by atoms with van der Waals surface area (Å²) in [6, 6.07) is 0.152. The fourth-order valence-electron chi connectivity index (χ4n) is 3.33. The summed E-state index contributed by atoms with van der Waals surface area (Å²) < 4.78 is 5.22. The molecule has 7 heteroatoms. The first-order chi connectivity index (χ1) is 10.1. The van der Waals surface area contributed by atoms with Gasteiger partial charge in [-0.3, -0.25) is 13.9 Å². The number of fused-ring (bicyclic) bond motifs is 1. The smallest absolute Gasteiger partial charge is 0.316 e. The Balaban J connectivity index is 2.41. The maximum atomic E-state index is 12.6. The monoisotopic (exact) mass is 308 g/mol. The predicted octanol–water partition coefficient (Wildman–Crippen LogP) is 2.08. The zero-order valence-electron chi connectivity index (χ0n) is 12.4. The van der Waals surface area contributed by atoms with Crippen LogP contribution in [0.3, 0.4) is 0 Å². The van der Waals surface area contributed by atoms with E-state index in [1.165, 1.54) is 11.0 Å². The minimum atomic E-state index is -0.281. The van der Waals surface area contributed by atoms with Crippen molar-refractivity contribution in [1.29, 1.82) is 0 Å². The summed E-state index contributed by atoms with van der Waals surface area (Å²) in [5.41, 5.74) is 0.562. The lowest BCUT2D eigenvalue weighted by Gasteiger charge is -2.24. The average molecular weight is 308 g/mol. The molecule has 0 aromatic carbocycles. The molecule has 1 saturated carbocycles. The molecule has 114 valence electrons. The van der Waals surface area contributed by atoms with E-state index in [0.29, 0.717) is 22.5 Å². The van der Waals surface area contributed by atoms with E-state index in [1.54, 1.807) is 16.2 Å². The number of aromatic nitrogens is 4. The number of rotatable bonds is 2. The van der Waals surface area contributed by atoms with Crippen molar-refractivity contribution in [3.63, 3.8) is 0 Å². The number of nitrogens with zero attached hydrogens (tertiary/aromatic N) is 3. The summed E-state index contributed by atoms with van der Waals surface area (Å²) in [4.78, 5) is 28.1. The quantitative estimate of drug-likeness (QED) is 0.864. The Labute approximate surface area is 127 Å². The largest absolute Gasteiger partial charge is 0.332 e. The molecule has 2 heterocycles. The van der Waals surface area contributed by atoms with E-state index < -0.39 is 0 Å². The van der Waals surface area contributed by atoms with Crippen LogP contribution in [0.2, 0.25) is 0 Å². The highest BCUT2D eigenvalue weighted by Crippen LogP contribution is 2.28. The SMILES string of the molecule is CCn1c(=S)[nH]c2c1c(=O)n(C)c(=O)n2C1CCCCC1. The van der Waals surface area contributed by atoms with E-state index in [4.69, 9.17) is 12.2 Å². The van der Waals surface area contributed by atoms with Gasteiger partial charge in [0.15, 0.2) is 10.3 Å².